The molecule has 0 aromatic heterocycles. The summed E-state index contributed by atoms with van der Waals surface area (Å²) in [6.45, 7) is 8.06. The van der Waals surface area contributed by atoms with Gasteiger partial charge in [0.1, 0.15) is 0 Å². The maximum atomic E-state index is 3.67. The predicted octanol–water partition coefficient (Wildman–Crippen LogP) is 5.52. The first kappa shape index (κ1) is 17.2. The van der Waals surface area contributed by atoms with Crippen LogP contribution in [0, 0.1) is 0 Å². The van der Waals surface area contributed by atoms with Crippen molar-refractivity contribution in [2.45, 2.75) is 77.7 Å². The third-order valence-electron chi connectivity index (χ3n) is 4.18. The maximum Gasteiger partial charge on any atom is 0.00387 e. The van der Waals surface area contributed by atoms with Crippen LogP contribution in [0.4, 0.5) is 0 Å². The van der Waals surface area contributed by atoms with Crippen molar-refractivity contribution in [1.29, 1.82) is 0 Å². The van der Waals surface area contributed by atoms with E-state index in [1.165, 1.54) is 50.5 Å². The van der Waals surface area contributed by atoms with E-state index < -0.39 is 0 Å². The topological polar surface area (TPSA) is 12.0 Å². The van der Waals surface area contributed by atoms with Gasteiger partial charge < -0.3 is 5.32 Å². The van der Waals surface area contributed by atoms with E-state index in [1.54, 1.807) is 0 Å². The van der Waals surface area contributed by atoms with Gasteiger partial charge in [0.15, 0.2) is 0 Å². The Labute approximate surface area is 126 Å². The Kier molecular flexibility index (Phi) is 9.40. The van der Waals surface area contributed by atoms with Gasteiger partial charge in [-0.15, -0.1) is 0 Å². The molecule has 1 N–H and O–H groups in total. The summed E-state index contributed by atoms with van der Waals surface area (Å²) in [5, 5.41) is 3.67. The van der Waals surface area contributed by atoms with E-state index in [0.717, 1.165) is 6.54 Å². The number of unbranched alkanes of at least 4 members (excludes halogenated alkanes) is 4. The Morgan fingerprint density at radius 1 is 0.900 bits per heavy atom. The van der Waals surface area contributed by atoms with E-state index in [-0.39, 0.29) is 0 Å². The summed E-state index contributed by atoms with van der Waals surface area (Å²) in [6, 6.07) is 11.5. The number of hydrogen-bond donors (Lipinski definition) is 1. The van der Waals surface area contributed by atoms with E-state index in [4.69, 9.17) is 0 Å². The molecule has 0 spiro atoms. The van der Waals surface area contributed by atoms with Gasteiger partial charge >= 0.3 is 0 Å². The summed E-state index contributed by atoms with van der Waals surface area (Å²) in [6.07, 6.45) is 9.48. The second-order valence-corrected chi connectivity index (χ2v) is 6.16. The first-order valence-corrected chi connectivity index (χ1v) is 8.52. The smallest absolute Gasteiger partial charge is 0.00387 e. The van der Waals surface area contributed by atoms with E-state index in [0.29, 0.717) is 12.0 Å². The van der Waals surface area contributed by atoms with Crippen LogP contribution in [0.25, 0.3) is 0 Å². The number of hydrogen-bond acceptors (Lipinski definition) is 1. The Morgan fingerprint density at radius 3 is 2.30 bits per heavy atom. The van der Waals surface area contributed by atoms with Crippen LogP contribution < -0.4 is 5.32 Å². The minimum Gasteiger partial charge on any atom is -0.314 e. The Hall–Kier alpha value is -0.820. The van der Waals surface area contributed by atoms with Gasteiger partial charge in [0.2, 0.25) is 0 Å². The minimum atomic E-state index is 0.653. The zero-order valence-electron chi connectivity index (χ0n) is 13.7. The van der Waals surface area contributed by atoms with Gasteiger partial charge in [0.25, 0.3) is 0 Å². The van der Waals surface area contributed by atoms with E-state index in [1.807, 2.05) is 0 Å². The quantitative estimate of drug-likeness (QED) is 0.524. The van der Waals surface area contributed by atoms with Crippen molar-refractivity contribution >= 4 is 0 Å². The van der Waals surface area contributed by atoms with Crippen molar-refractivity contribution in [3.8, 4) is 0 Å². The highest BCUT2D eigenvalue weighted by molar-refractivity contribution is 5.18. The molecule has 0 bridgehead atoms. The van der Waals surface area contributed by atoms with Gasteiger partial charge in [-0.1, -0.05) is 76.3 Å². The zero-order chi connectivity index (χ0) is 14.6. The van der Waals surface area contributed by atoms with Crippen molar-refractivity contribution in [2.75, 3.05) is 6.54 Å². The van der Waals surface area contributed by atoms with Gasteiger partial charge in [0.05, 0.1) is 0 Å². The van der Waals surface area contributed by atoms with Crippen molar-refractivity contribution in [3.05, 3.63) is 35.9 Å². The van der Waals surface area contributed by atoms with Crippen LogP contribution >= 0.6 is 0 Å². The summed E-state index contributed by atoms with van der Waals surface area (Å²) in [7, 11) is 0. The molecule has 0 heterocycles. The molecule has 0 aliphatic rings. The van der Waals surface area contributed by atoms with Crippen LogP contribution in [-0.4, -0.2) is 12.6 Å². The molecule has 1 heteroatoms. The molecule has 20 heavy (non-hydrogen) atoms. The van der Waals surface area contributed by atoms with E-state index in [2.05, 4.69) is 56.4 Å². The van der Waals surface area contributed by atoms with Crippen LogP contribution in [0.5, 0.6) is 0 Å². The molecule has 2 unspecified atom stereocenters. The Balaban J connectivity index is 2.05. The van der Waals surface area contributed by atoms with Crippen molar-refractivity contribution in [2.24, 2.45) is 0 Å². The normalized spacial score (nSPS) is 14.2. The summed E-state index contributed by atoms with van der Waals surface area (Å²) in [5.41, 5.74) is 1.46. The van der Waals surface area contributed by atoms with Crippen LogP contribution in [0.15, 0.2) is 30.3 Å². The standard InChI is InChI=1S/C19H33N/c1-4-5-6-7-9-12-18(3)20-16-15-17(2)19-13-10-8-11-14-19/h8,10-11,13-14,17-18,20H,4-7,9,12,15-16H2,1-3H3. The molecule has 0 saturated heterocycles. The second kappa shape index (κ2) is 10.9. The highest BCUT2D eigenvalue weighted by Gasteiger charge is 2.06. The van der Waals surface area contributed by atoms with Crippen molar-refractivity contribution < 1.29 is 0 Å². The predicted molar refractivity (Wildman–Crippen MR) is 90.3 cm³/mol. The fourth-order valence-electron chi connectivity index (χ4n) is 2.65. The lowest BCUT2D eigenvalue weighted by molar-refractivity contribution is 0.466. The average Bonchev–Trinajstić information content (AvgIpc) is 2.48. The lowest BCUT2D eigenvalue weighted by Gasteiger charge is -2.16. The molecule has 0 fully saturated rings. The largest absolute Gasteiger partial charge is 0.314 e. The van der Waals surface area contributed by atoms with Crippen LogP contribution in [0.1, 0.15) is 77.2 Å². The molecule has 0 amide bonds. The first-order chi connectivity index (χ1) is 9.74. The molecular weight excluding hydrogens is 242 g/mol. The molecule has 0 aliphatic heterocycles. The molecule has 0 saturated carbocycles. The number of nitrogens with one attached hydrogen (secondary N) is 1. The fourth-order valence-corrected chi connectivity index (χ4v) is 2.65. The summed E-state index contributed by atoms with van der Waals surface area (Å²) in [4.78, 5) is 0. The second-order valence-electron chi connectivity index (χ2n) is 6.16. The highest BCUT2D eigenvalue weighted by atomic mass is 14.9. The van der Waals surface area contributed by atoms with Crippen LogP contribution in [-0.2, 0) is 0 Å². The van der Waals surface area contributed by atoms with Gasteiger partial charge in [-0.2, -0.15) is 0 Å². The maximum absolute atomic E-state index is 3.67. The summed E-state index contributed by atoms with van der Waals surface area (Å²) < 4.78 is 0. The molecule has 1 aromatic rings. The third-order valence-corrected chi connectivity index (χ3v) is 4.18. The molecule has 0 radical (unpaired) electrons. The Morgan fingerprint density at radius 2 is 1.60 bits per heavy atom. The number of benzene rings is 1. The molecular formula is C19H33N. The first-order valence-electron chi connectivity index (χ1n) is 8.52. The van der Waals surface area contributed by atoms with Gasteiger partial charge in [-0.25, -0.2) is 0 Å². The lowest BCUT2D eigenvalue weighted by atomic mass is 9.98. The zero-order valence-corrected chi connectivity index (χ0v) is 13.7. The van der Waals surface area contributed by atoms with Crippen molar-refractivity contribution in [1.82, 2.24) is 5.32 Å². The lowest BCUT2D eigenvalue weighted by Crippen LogP contribution is -2.27. The van der Waals surface area contributed by atoms with Crippen LogP contribution in [0.3, 0.4) is 0 Å². The molecule has 114 valence electrons. The van der Waals surface area contributed by atoms with Gasteiger partial charge in [0, 0.05) is 6.04 Å². The number of rotatable bonds is 11. The highest BCUT2D eigenvalue weighted by Crippen LogP contribution is 2.17. The molecule has 1 rings (SSSR count). The van der Waals surface area contributed by atoms with Gasteiger partial charge in [-0.05, 0) is 37.8 Å². The molecule has 2 atom stereocenters. The van der Waals surface area contributed by atoms with Crippen LogP contribution in [0.2, 0.25) is 0 Å². The van der Waals surface area contributed by atoms with E-state index in [9.17, 15) is 0 Å². The van der Waals surface area contributed by atoms with Crippen molar-refractivity contribution in [3.63, 3.8) is 0 Å². The Bertz CT molecular complexity index is 320. The molecule has 0 aliphatic carbocycles. The summed E-state index contributed by atoms with van der Waals surface area (Å²) in [5.74, 6) is 0.653. The SMILES string of the molecule is CCCCCCCC(C)NCCC(C)c1ccccc1. The molecule has 1 nitrogen and oxygen atoms in total. The monoisotopic (exact) mass is 275 g/mol. The fraction of sp³-hybridized carbons (Fsp3) is 0.684. The van der Waals surface area contributed by atoms with Gasteiger partial charge in [-0.3, -0.25) is 0 Å². The average molecular weight is 275 g/mol. The van der Waals surface area contributed by atoms with E-state index >= 15 is 0 Å². The molecule has 1 aromatic carbocycles. The minimum absolute atomic E-state index is 0.653. The summed E-state index contributed by atoms with van der Waals surface area (Å²) >= 11 is 0. The third kappa shape index (κ3) is 7.69.